The van der Waals surface area contributed by atoms with Crippen LogP contribution in [0.1, 0.15) is 25.0 Å². The van der Waals surface area contributed by atoms with Crippen molar-refractivity contribution in [1.82, 2.24) is 0 Å². The normalized spacial score (nSPS) is 12.9. The summed E-state index contributed by atoms with van der Waals surface area (Å²) in [6.07, 6.45) is 0. The third-order valence-corrected chi connectivity index (χ3v) is 14.5. The molecule has 0 saturated carbocycles. The fraction of sp³-hybridized carbons (Fsp3) is 0.0462. The molecule has 0 heteroatoms. The van der Waals surface area contributed by atoms with Gasteiger partial charge in [-0.2, -0.15) is 0 Å². The Morgan fingerprint density at radius 1 is 0.215 bits per heavy atom. The van der Waals surface area contributed by atoms with E-state index >= 15 is 0 Å². The molecule has 0 bridgehead atoms. The van der Waals surface area contributed by atoms with Gasteiger partial charge in [0.15, 0.2) is 0 Å². The van der Waals surface area contributed by atoms with Crippen molar-refractivity contribution in [2.45, 2.75) is 19.3 Å². The fourth-order valence-electron chi connectivity index (χ4n) is 11.5. The number of rotatable bonds is 5. The van der Waals surface area contributed by atoms with Gasteiger partial charge in [-0.15, -0.1) is 0 Å². The number of benzene rings is 12. The lowest BCUT2D eigenvalue weighted by Crippen LogP contribution is -2.14. The van der Waals surface area contributed by atoms with Crippen molar-refractivity contribution < 1.29 is 0 Å². The summed E-state index contributed by atoms with van der Waals surface area (Å²) in [5.74, 6) is 0. The predicted molar refractivity (Wildman–Crippen MR) is 279 cm³/mol. The van der Waals surface area contributed by atoms with E-state index in [0.29, 0.717) is 0 Å². The van der Waals surface area contributed by atoms with Gasteiger partial charge in [-0.3, -0.25) is 0 Å². The van der Waals surface area contributed by atoms with Gasteiger partial charge in [0.25, 0.3) is 0 Å². The van der Waals surface area contributed by atoms with Crippen molar-refractivity contribution in [3.8, 4) is 66.8 Å². The first-order valence-corrected chi connectivity index (χ1v) is 22.8. The van der Waals surface area contributed by atoms with Crippen LogP contribution in [-0.2, 0) is 5.41 Å². The van der Waals surface area contributed by atoms with Gasteiger partial charge >= 0.3 is 0 Å². The first kappa shape index (κ1) is 37.5. The van der Waals surface area contributed by atoms with Gasteiger partial charge in [0.2, 0.25) is 0 Å². The zero-order valence-electron chi connectivity index (χ0n) is 36.4. The number of hydrogen-bond donors (Lipinski definition) is 0. The molecule has 0 unspecified atom stereocenters. The molecule has 0 fully saturated rings. The van der Waals surface area contributed by atoms with Crippen molar-refractivity contribution >= 4 is 53.9 Å². The second kappa shape index (κ2) is 14.5. The van der Waals surface area contributed by atoms with Crippen molar-refractivity contribution in [2.75, 3.05) is 0 Å². The molecule has 0 atom stereocenters. The Bertz CT molecular complexity index is 3830. The lowest BCUT2D eigenvalue weighted by molar-refractivity contribution is 0.660. The molecule has 0 heterocycles. The summed E-state index contributed by atoms with van der Waals surface area (Å²) in [5, 5.41) is 12.6. The Morgan fingerprint density at radius 3 is 1.15 bits per heavy atom. The molecule has 65 heavy (non-hydrogen) atoms. The summed E-state index contributed by atoms with van der Waals surface area (Å²) in [4.78, 5) is 0. The highest BCUT2D eigenvalue weighted by Crippen LogP contribution is 2.53. The van der Waals surface area contributed by atoms with Crippen LogP contribution in [0.2, 0.25) is 0 Å². The number of hydrogen-bond acceptors (Lipinski definition) is 0. The summed E-state index contributed by atoms with van der Waals surface area (Å²) < 4.78 is 0. The van der Waals surface area contributed by atoms with E-state index in [0.717, 1.165) is 0 Å². The molecule has 13 rings (SSSR count). The minimum absolute atomic E-state index is 0.0865. The fourth-order valence-corrected chi connectivity index (χ4v) is 11.5. The molecule has 304 valence electrons. The standard InChI is InChI=1S/C65H44/c1-65(2)59-32-18-17-25-47(59)48-35-34-44(40-60(48)65)62-50-27-12-15-30-53(50)63(54-31-16-13-28-51(54)62)55-37-38-56(46-24-10-9-23-45(46)55)64-52-29-14-11-26-49(52)61(42-21-7-4-8-22-42)58-39-43(33-36-57(58)64)41-19-5-3-6-20-41/h3-40H,1-2H3. The molecule has 0 amide bonds. The van der Waals surface area contributed by atoms with Gasteiger partial charge in [0, 0.05) is 5.41 Å². The van der Waals surface area contributed by atoms with E-state index in [1.165, 1.54) is 132 Å². The maximum Gasteiger partial charge on any atom is 0.0159 e. The summed E-state index contributed by atoms with van der Waals surface area (Å²) in [6, 6.07) is 86.0. The molecule has 12 aromatic carbocycles. The van der Waals surface area contributed by atoms with Crippen molar-refractivity contribution in [1.29, 1.82) is 0 Å². The summed E-state index contributed by atoms with van der Waals surface area (Å²) >= 11 is 0. The van der Waals surface area contributed by atoms with E-state index in [2.05, 4.69) is 244 Å². The Labute approximate surface area is 379 Å². The third-order valence-electron chi connectivity index (χ3n) is 14.5. The molecule has 1 aliphatic carbocycles. The first-order valence-electron chi connectivity index (χ1n) is 22.8. The zero-order valence-corrected chi connectivity index (χ0v) is 36.4. The maximum absolute atomic E-state index is 2.48. The lowest BCUT2D eigenvalue weighted by atomic mass is 9.80. The molecule has 0 aliphatic heterocycles. The molecular formula is C65H44. The van der Waals surface area contributed by atoms with E-state index in [4.69, 9.17) is 0 Å². The average molecular weight is 825 g/mol. The quantitative estimate of drug-likeness (QED) is 0.152. The summed E-state index contributed by atoms with van der Waals surface area (Å²) in [5.41, 5.74) is 17.9. The molecule has 0 spiro atoms. The van der Waals surface area contributed by atoms with Crippen LogP contribution in [0.4, 0.5) is 0 Å². The largest absolute Gasteiger partial charge is 0.0622 e. The van der Waals surface area contributed by atoms with Gasteiger partial charge in [0.05, 0.1) is 0 Å². The Hall–Kier alpha value is -8.06. The Morgan fingerprint density at radius 2 is 0.600 bits per heavy atom. The van der Waals surface area contributed by atoms with E-state index in [1.54, 1.807) is 0 Å². The molecular weight excluding hydrogens is 781 g/mol. The molecule has 0 saturated heterocycles. The summed E-state index contributed by atoms with van der Waals surface area (Å²) in [7, 11) is 0. The van der Waals surface area contributed by atoms with Crippen LogP contribution in [0.5, 0.6) is 0 Å². The van der Waals surface area contributed by atoms with Crippen LogP contribution >= 0.6 is 0 Å². The second-order valence-corrected chi connectivity index (χ2v) is 18.3. The number of fused-ring (bicyclic) bond motifs is 8. The van der Waals surface area contributed by atoms with Crippen LogP contribution in [0.25, 0.3) is 121 Å². The second-order valence-electron chi connectivity index (χ2n) is 18.3. The highest BCUT2D eigenvalue weighted by molar-refractivity contribution is 6.27. The van der Waals surface area contributed by atoms with E-state index < -0.39 is 0 Å². The molecule has 0 N–H and O–H groups in total. The Kier molecular flexibility index (Phi) is 8.36. The van der Waals surface area contributed by atoms with E-state index in [9.17, 15) is 0 Å². The molecule has 0 aromatic heterocycles. The smallest absolute Gasteiger partial charge is 0.0159 e. The molecule has 1 aliphatic rings. The van der Waals surface area contributed by atoms with Crippen LogP contribution in [-0.4, -0.2) is 0 Å². The SMILES string of the molecule is CC1(C)c2ccccc2-c2ccc(-c3c4ccccc4c(-c4ccc(-c5c6ccccc6c(-c6ccccc6)c6cc(-c7ccccc7)ccc56)c5ccccc45)c4ccccc34)cc21. The predicted octanol–water partition coefficient (Wildman–Crippen LogP) is 18.1. The highest BCUT2D eigenvalue weighted by Gasteiger charge is 2.35. The maximum atomic E-state index is 2.48. The Balaban J connectivity index is 1.07. The monoisotopic (exact) mass is 824 g/mol. The van der Waals surface area contributed by atoms with Gasteiger partial charge < -0.3 is 0 Å². The minimum atomic E-state index is -0.0865. The van der Waals surface area contributed by atoms with Crippen molar-refractivity contribution in [2.24, 2.45) is 0 Å². The minimum Gasteiger partial charge on any atom is -0.0622 e. The van der Waals surface area contributed by atoms with Crippen LogP contribution in [0, 0.1) is 0 Å². The van der Waals surface area contributed by atoms with Crippen molar-refractivity contribution in [3.05, 3.63) is 242 Å². The van der Waals surface area contributed by atoms with Crippen LogP contribution in [0.3, 0.4) is 0 Å². The van der Waals surface area contributed by atoms with Gasteiger partial charge in [0.1, 0.15) is 0 Å². The molecule has 0 radical (unpaired) electrons. The third kappa shape index (κ3) is 5.64. The van der Waals surface area contributed by atoms with Gasteiger partial charge in [-0.25, -0.2) is 0 Å². The van der Waals surface area contributed by atoms with Crippen LogP contribution < -0.4 is 0 Å². The van der Waals surface area contributed by atoms with E-state index in [-0.39, 0.29) is 5.41 Å². The van der Waals surface area contributed by atoms with Crippen LogP contribution in [0.15, 0.2) is 231 Å². The van der Waals surface area contributed by atoms with Gasteiger partial charge in [-0.1, -0.05) is 232 Å². The highest BCUT2D eigenvalue weighted by atomic mass is 14.4. The lowest BCUT2D eigenvalue weighted by Gasteiger charge is -2.23. The molecule has 12 aromatic rings. The van der Waals surface area contributed by atoms with E-state index in [1.807, 2.05) is 0 Å². The van der Waals surface area contributed by atoms with Gasteiger partial charge in [-0.05, 0) is 144 Å². The molecule has 0 nitrogen and oxygen atoms in total. The zero-order chi connectivity index (χ0) is 43.2. The van der Waals surface area contributed by atoms with Crippen molar-refractivity contribution in [3.63, 3.8) is 0 Å². The average Bonchev–Trinajstić information content (AvgIpc) is 3.60. The summed E-state index contributed by atoms with van der Waals surface area (Å²) in [6.45, 7) is 4.75. The topological polar surface area (TPSA) is 0 Å². The first-order chi connectivity index (χ1) is 32.0.